The van der Waals surface area contributed by atoms with E-state index in [0.29, 0.717) is 19.4 Å². The van der Waals surface area contributed by atoms with Crippen LogP contribution in [-0.2, 0) is 23.8 Å². The Kier molecular flexibility index (Phi) is 55.1. The van der Waals surface area contributed by atoms with Crippen molar-refractivity contribution in [2.24, 2.45) is 0 Å². The number of aliphatic hydroxyl groups excluding tert-OH is 5. The minimum Gasteiger partial charge on any atom is -0.466 e. The molecule has 0 aromatic heterocycles. The number of carbonyl (C=O) groups is 2. The summed E-state index contributed by atoms with van der Waals surface area (Å²) >= 11 is 0. The predicted molar refractivity (Wildman–Crippen MR) is 329 cm³/mol. The maximum Gasteiger partial charge on any atom is 0.305 e. The van der Waals surface area contributed by atoms with Gasteiger partial charge in [-0.2, -0.15) is 0 Å². The maximum absolute atomic E-state index is 13.0. The Hall–Kier alpha value is -1.86. The minimum absolute atomic E-state index is 0.00270. The fourth-order valence-corrected chi connectivity index (χ4v) is 10.9. The van der Waals surface area contributed by atoms with E-state index in [1.54, 1.807) is 6.08 Å². The molecule has 0 spiro atoms. The first-order valence-electron chi connectivity index (χ1n) is 34.1. The molecule has 466 valence electrons. The van der Waals surface area contributed by atoms with E-state index < -0.39 is 49.5 Å². The number of nitrogens with one attached hydrogen (secondary N) is 1. The van der Waals surface area contributed by atoms with E-state index in [-0.39, 0.29) is 18.5 Å². The number of rotatable bonds is 60. The van der Waals surface area contributed by atoms with Crippen molar-refractivity contribution in [1.29, 1.82) is 0 Å². The van der Waals surface area contributed by atoms with Gasteiger partial charge in [-0.15, -0.1) is 0 Å². The number of ether oxygens (including phenoxy) is 3. The predicted octanol–water partition coefficient (Wildman–Crippen LogP) is 16.8. The van der Waals surface area contributed by atoms with Gasteiger partial charge in [-0.05, 0) is 57.8 Å². The average molecular weight is 1120 g/mol. The summed E-state index contributed by atoms with van der Waals surface area (Å²) in [6, 6.07) is -0.808. The molecule has 11 nitrogen and oxygen atoms in total. The molecule has 11 heteroatoms. The van der Waals surface area contributed by atoms with Crippen LogP contribution in [0, 0.1) is 0 Å². The van der Waals surface area contributed by atoms with E-state index in [9.17, 15) is 35.1 Å². The standard InChI is InChI=1S/C68H129NO10/c1-3-5-7-9-11-13-14-15-16-17-23-27-30-33-36-40-44-48-52-56-64(73)77-57-53-49-45-41-37-34-31-28-25-22-20-18-19-21-24-26-29-32-35-39-43-47-51-55-63(72)69-60(61(71)54-50-46-42-38-12-10-8-6-4-2)59-78-68-67(76)66(75)65(74)62(58-70)79-68/h15-16,50,54,60-62,65-68,70-71,74-76H,3-14,17-49,51-53,55-59H2,1-2H3,(H,69,72)/b16-15-,54-50+. The molecule has 1 rings (SSSR count). The Morgan fingerprint density at radius 3 is 1.22 bits per heavy atom. The third-order valence-electron chi connectivity index (χ3n) is 16.3. The van der Waals surface area contributed by atoms with Crippen molar-refractivity contribution >= 4 is 11.9 Å². The summed E-state index contributed by atoms with van der Waals surface area (Å²) in [6.45, 7) is 4.33. The molecule has 0 aromatic carbocycles. The fraction of sp³-hybridized carbons (Fsp3) is 0.912. The van der Waals surface area contributed by atoms with E-state index in [2.05, 4.69) is 31.3 Å². The molecule has 7 unspecified atom stereocenters. The van der Waals surface area contributed by atoms with E-state index in [0.717, 1.165) is 57.8 Å². The van der Waals surface area contributed by atoms with Crippen LogP contribution in [0.1, 0.15) is 335 Å². The summed E-state index contributed by atoms with van der Waals surface area (Å²) in [5.74, 6) is -0.179. The van der Waals surface area contributed by atoms with Crippen LogP contribution in [-0.4, -0.2) is 100 Å². The number of unbranched alkanes of at least 4 members (excludes halogenated alkanes) is 44. The number of hydrogen-bond acceptors (Lipinski definition) is 10. The number of hydrogen-bond donors (Lipinski definition) is 6. The smallest absolute Gasteiger partial charge is 0.305 e. The molecule has 79 heavy (non-hydrogen) atoms. The lowest BCUT2D eigenvalue weighted by molar-refractivity contribution is -0.302. The van der Waals surface area contributed by atoms with Crippen molar-refractivity contribution in [2.75, 3.05) is 19.8 Å². The molecule has 0 aromatic rings. The fourth-order valence-electron chi connectivity index (χ4n) is 10.9. The average Bonchev–Trinajstić information content (AvgIpc) is 3.47. The lowest BCUT2D eigenvalue weighted by atomic mass is 9.99. The molecular formula is C68H129NO10. The molecule has 1 heterocycles. The van der Waals surface area contributed by atoms with Gasteiger partial charge in [0.05, 0.1) is 32.0 Å². The van der Waals surface area contributed by atoms with Gasteiger partial charge in [-0.3, -0.25) is 9.59 Å². The molecule has 0 radical (unpaired) electrons. The van der Waals surface area contributed by atoms with Gasteiger partial charge in [0.15, 0.2) is 6.29 Å². The molecule has 1 aliphatic heterocycles. The van der Waals surface area contributed by atoms with Gasteiger partial charge in [0.1, 0.15) is 24.4 Å². The lowest BCUT2D eigenvalue weighted by Gasteiger charge is -2.40. The number of carbonyl (C=O) groups excluding carboxylic acids is 2. The van der Waals surface area contributed by atoms with Crippen LogP contribution in [0.4, 0.5) is 0 Å². The monoisotopic (exact) mass is 1120 g/mol. The summed E-state index contributed by atoms with van der Waals surface area (Å²) in [7, 11) is 0. The van der Waals surface area contributed by atoms with Crippen molar-refractivity contribution in [3.63, 3.8) is 0 Å². The second-order valence-electron chi connectivity index (χ2n) is 23.9. The first kappa shape index (κ1) is 75.2. The van der Waals surface area contributed by atoms with E-state index in [1.165, 1.54) is 250 Å². The highest BCUT2D eigenvalue weighted by Crippen LogP contribution is 2.23. The van der Waals surface area contributed by atoms with Gasteiger partial charge in [0.25, 0.3) is 0 Å². The van der Waals surface area contributed by atoms with Gasteiger partial charge < -0.3 is 45.1 Å². The highest BCUT2D eigenvalue weighted by molar-refractivity contribution is 5.76. The Morgan fingerprint density at radius 1 is 0.456 bits per heavy atom. The highest BCUT2D eigenvalue weighted by atomic mass is 16.7. The third kappa shape index (κ3) is 47.2. The van der Waals surface area contributed by atoms with Crippen molar-refractivity contribution in [3.8, 4) is 0 Å². The lowest BCUT2D eigenvalue weighted by Crippen LogP contribution is -2.60. The quantitative estimate of drug-likeness (QED) is 0.0195. The molecule has 6 N–H and O–H groups in total. The SMILES string of the molecule is CCCCCCCC/C=C\CCCCCCCCCCCC(=O)OCCCCCCCCCCCCCCCCCCCCCCCCCC(=O)NC(COC1OC(CO)C(O)C(O)C1O)C(O)/C=C/CCCCCCCCC. The van der Waals surface area contributed by atoms with Crippen LogP contribution in [0.3, 0.4) is 0 Å². The Balaban J connectivity index is 1.92. The summed E-state index contributed by atoms with van der Waals surface area (Å²) in [4.78, 5) is 25.1. The Morgan fingerprint density at radius 2 is 0.810 bits per heavy atom. The van der Waals surface area contributed by atoms with E-state index >= 15 is 0 Å². The van der Waals surface area contributed by atoms with E-state index in [4.69, 9.17) is 14.2 Å². The summed E-state index contributed by atoms with van der Waals surface area (Å²) in [5, 5.41) is 54.3. The van der Waals surface area contributed by atoms with Crippen LogP contribution in [0.5, 0.6) is 0 Å². The van der Waals surface area contributed by atoms with Gasteiger partial charge in [-0.1, -0.05) is 289 Å². The second-order valence-corrected chi connectivity index (χ2v) is 23.9. The van der Waals surface area contributed by atoms with Crippen LogP contribution < -0.4 is 5.32 Å². The van der Waals surface area contributed by atoms with E-state index in [1.807, 2.05) is 6.08 Å². The van der Waals surface area contributed by atoms with Gasteiger partial charge in [0, 0.05) is 12.8 Å². The Bertz CT molecular complexity index is 1360. The number of esters is 1. The van der Waals surface area contributed by atoms with Gasteiger partial charge in [-0.25, -0.2) is 0 Å². The number of amides is 1. The molecule has 1 fully saturated rings. The van der Waals surface area contributed by atoms with Crippen LogP contribution in [0.25, 0.3) is 0 Å². The molecule has 0 bridgehead atoms. The zero-order chi connectivity index (χ0) is 57.3. The third-order valence-corrected chi connectivity index (χ3v) is 16.3. The first-order chi connectivity index (χ1) is 38.7. The summed E-state index contributed by atoms with van der Waals surface area (Å²) < 4.78 is 16.7. The van der Waals surface area contributed by atoms with Crippen molar-refractivity contribution < 1.29 is 49.3 Å². The molecule has 0 aliphatic carbocycles. The van der Waals surface area contributed by atoms with Crippen molar-refractivity contribution in [1.82, 2.24) is 5.32 Å². The molecular weight excluding hydrogens is 991 g/mol. The molecule has 7 atom stereocenters. The zero-order valence-electron chi connectivity index (χ0n) is 51.6. The number of allylic oxidation sites excluding steroid dienone is 3. The first-order valence-corrected chi connectivity index (χ1v) is 34.1. The van der Waals surface area contributed by atoms with Crippen molar-refractivity contribution in [2.45, 2.75) is 378 Å². The van der Waals surface area contributed by atoms with Gasteiger partial charge >= 0.3 is 5.97 Å². The summed E-state index contributed by atoms with van der Waals surface area (Å²) in [6.07, 6.45) is 61.7. The van der Waals surface area contributed by atoms with Crippen molar-refractivity contribution in [3.05, 3.63) is 24.3 Å². The second kappa shape index (κ2) is 57.9. The highest BCUT2D eigenvalue weighted by Gasteiger charge is 2.44. The van der Waals surface area contributed by atoms with Gasteiger partial charge in [0.2, 0.25) is 5.91 Å². The number of aliphatic hydroxyl groups is 5. The zero-order valence-corrected chi connectivity index (χ0v) is 51.6. The molecule has 1 saturated heterocycles. The van der Waals surface area contributed by atoms with Crippen LogP contribution in [0.2, 0.25) is 0 Å². The topological polar surface area (TPSA) is 175 Å². The van der Waals surface area contributed by atoms with Crippen LogP contribution in [0.15, 0.2) is 24.3 Å². The normalized spacial score (nSPS) is 18.5. The molecule has 1 amide bonds. The maximum atomic E-state index is 13.0. The molecule has 1 aliphatic rings. The summed E-state index contributed by atoms with van der Waals surface area (Å²) in [5.41, 5.74) is 0. The largest absolute Gasteiger partial charge is 0.466 e. The minimum atomic E-state index is -1.57. The Labute approximate surface area is 486 Å². The molecule has 0 saturated carbocycles. The van der Waals surface area contributed by atoms with Crippen LogP contribution >= 0.6 is 0 Å².